The second kappa shape index (κ2) is 11.0. The Morgan fingerprint density at radius 1 is 0.838 bits per heavy atom. The Hall–Kier alpha value is -2.59. The van der Waals surface area contributed by atoms with Crippen molar-refractivity contribution in [2.45, 2.75) is 56.6 Å². The highest BCUT2D eigenvalue weighted by atomic mass is 32.2. The predicted octanol–water partition coefficient (Wildman–Crippen LogP) is 4.24. The van der Waals surface area contributed by atoms with Gasteiger partial charge in [-0.1, -0.05) is 91.0 Å². The monoisotopic (exact) mass is 526 g/mol. The zero-order valence-corrected chi connectivity index (χ0v) is 22.3. The van der Waals surface area contributed by atoms with Crippen molar-refractivity contribution in [2.75, 3.05) is 12.9 Å². The average molecular weight is 527 g/mol. The molecular formula is C29H34O7S. The van der Waals surface area contributed by atoms with Gasteiger partial charge < -0.3 is 19.3 Å². The summed E-state index contributed by atoms with van der Waals surface area (Å²) in [5.41, 5.74) is 1.67. The fraction of sp³-hybridized carbons (Fsp3) is 0.379. The van der Waals surface area contributed by atoms with Crippen LogP contribution >= 0.6 is 0 Å². The van der Waals surface area contributed by atoms with Crippen molar-refractivity contribution in [2.24, 2.45) is 0 Å². The first kappa shape index (κ1) is 27.4. The van der Waals surface area contributed by atoms with Crippen LogP contribution in [0, 0.1) is 0 Å². The highest BCUT2D eigenvalue weighted by Gasteiger charge is 2.49. The Morgan fingerprint density at radius 3 is 1.65 bits per heavy atom. The van der Waals surface area contributed by atoms with Gasteiger partial charge in [0.2, 0.25) is 0 Å². The van der Waals surface area contributed by atoms with Gasteiger partial charge in [0.05, 0.1) is 12.9 Å². The summed E-state index contributed by atoms with van der Waals surface area (Å²) < 4.78 is 47.4. The largest absolute Gasteiger partial charge is 0.388 e. The summed E-state index contributed by atoms with van der Waals surface area (Å²) in [6.07, 6.45) is -2.76. The first-order valence-electron chi connectivity index (χ1n) is 12.2. The minimum absolute atomic E-state index is 0.120. The maximum absolute atomic E-state index is 11.8. The van der Waals surface area contributed by atoms with Crippen molar-refractivity contribution >= 4 is 10.1 Å². The van der Waals surface area contributed by atoms with Crippen LogP contribution in [0.2, 0.25) is 0 Å². The van der Waals surface area contributed by atoms with Crippen molar-refractivity contribution in [1.82, 2.24) is 0 Å². The lowest BCUT2D eigenvalue weighted by Crippen LogP contribution is -2.46. The minimum Gasteiger partial charge on any atom is -0.388 e. The molecule has 0 unspecified atom stereocenters. The van der Waals surface area contributed by atoms with E-state index in [-0.39, 0.29) is 6.61 Å². The van der Waals surface area contributed by atoms with Gasteiger partial charge in [0, 0.05) is 0 Å². The molecule has 0 radical (unpaired) electrons. The summed E-state index contributed by atoms with van der Waals surface area (Å²) in [6.45, 7) is 4.88. The van der Waals surface area contributed by atoms with Gasteiger partial charge in [-0.3, -0.25) is 4.18 Å². The lowest BCUT2D eigenvalue weighted by atomic mass is 9.80. The molecule has 3 aromatic carbocycles. The molecule has 198 valence electrons. The molecule has 0 aliphatic carbocycles. The molecule has 7 nitrogen and oxygen atoms in total. The highest BCUT2D eigenvalue weighted by Crippen LogP contribution is 2.41. The Kier molecular flexibility index (Phi) is 8.18. The van der Waals surface area contributed by atoms with Crippen LogP contribution in [0.4, 0.5) is 0 Å². The Balaban J connectivity index is 1.70. The maximum atomic E-state index is 11.8. The third kappa shape index (κ3) is 6.29. The third-order valence-corrected chi connectivity index (χ3v) is 7.00. The third-order valence-electron chi connectivity index (χ3n) is 6.34. The van der Waals surface area contributed by atoms with E-state index in [9.17, 15) is 13.5 Å². The van der Waals surface area contributed by atoms with Gasteiger partial charge in [-0.05, 0) is 37.5 Å². The lowest BCUT2D eigenvalue weighted by molar-refractivity contribution is -0.164. The molecule has 8 heteroatoms. The van der Waals surface area contributed by atoms with Crippen molar-refractivity contribution in [3.8, 4) is 0 Å². The molecule has 0 amide bonds. The summed E-state index contributed by atoms with van der Waals surface area (Å²) in [7, 11) is -3.74. The molecule has 1 aliphatic rings. The maximum Gasteiger partial charge on any atom is 0.264 e. The number of hydrogen-bond donors (Lipinski definition) is 1. The quantitative estimate of drug-likeness (QED) is 0.312. The molecule has 1 aliphatic heterocycles. The second-order valence-electron chi connectivity index (χ2n) is 9.73. The van der Waals surface area contributed by atoms with Gasteiger partial charge in [0.25, 0.3) is 10.1 Å². The zero-order valence-electron chi connectivity index (χ0n) is 21.5. The molecule has 1 fully saturated rings. The number of benzene rings is 3. The van der Waals surface area contributed by atoms with Crippen LogP contribution in [0.15, 0.2) is 91.0 Å². The lowest BCUT2D eigenvalue weighted by Gasteiger charge is -2.37. The first-order chi connectivity index (χ1) is 17.5. The van der Waals surface area contributed by atoms with Gasteiger partial charge in [-0.15, -0.1) is 0 Å². The Bertz CT molecular complexity index is 1150. The summed E-state index contributed by atoms with van der Waals surface area (Å²) in [4.78, 5) is 0. The normalized spacial score (nSPS) is 21.4. The van der Waals surface area contributed by atoms with Crippen molar-refractivity contribution in [1.29, 1.82) is 0 Å². The van der Waals surface area contributed by atoms with Gasteiger partial charge in [-0.2, -0.15) is 8.42 Å². The van der Waals surface area contributed by atoms with E-state index >= 15 is 0 Å². The second-order valence-corrected chi connectivity index (χ2v) is 11.3. The Morgan fingerprint density at radius 2 is 1.24 bits per heavy atom. The van der Waals surface area contributed by atoms with E-state index in [1.165, 1.54) is 0 Å². The van der Waals surface area contributed by atoms with E-state index < -0.39 is 45.9 Å². The van der Waals surface area contributed by atoms with Crippen molar-refractivity contribution in [3.63, 3.8) is 0 Å². The molecule has 1 saturated heterocycles. The average Bonchev–Trinajstić information content (AvgIpc) is 3.21. The molecule has 4 rings (SSSR count). The summed E-state index contributed by atoms with van der Waals surface area (Å²) >= 11 is 0. The minimum atomic E-state index is -3.74. The van der Waals surface area contributed by atoms with Crippen LogP contribution in [-0.4, -0.2) is 56.6 Å². The molecule has 4 atom stereocenters. The van der Waals surface area contributed by atoms with Gasteiger partial charge in [-0.25, -0.2) is 0 Å². The van der Waals surface area contributed by atoms with Crippen LogP contribution in [0.5, 0.6) is 0 Å². The van der Waals surface area contributed by atoms with Gasteiger partial charge >= 0.3 is 0 Å². The molecule has 0 bridgehead atoms. The van der Waals surface area contributed by atoms with Crippen LogP contribution in [-0.2, 0) is 34.1 Å². The molecule has 37 heavy (non-hydrogen) atoms. The molecule has 0 saturated carbocycles. The highest BCUT2D eigenvalue weighted by molar-refractivity contribution is 7.86. The number of aliphatic hydroxyl groups is 1. The van der Waals surface area contributed by atoms with E-state index in [0.717, 1.165) is 22.9 Å². The van der Waals surface area contributed by atoms with E-state index in [1.807, 2.05) is 91.0 Å². The van der Waals surface area contributed by atoms with Gasteiger partial charge in [0.1, 0.15) is 30.0 Å². The molecule has 1 heterocycles. The standard InChI is InChI=1S/C29H34O7S/c1-21(36-37(4,31)32)26-27(35-28(2,3)34-26)25(30)20-33-29(22-14-8-5-9-15-22,23-16-10-6-11-17-23)24-18-12-7-13-19-24/h5-19,21,25-27,30H,20H2,1-4H3/t21-,25-,26-,27-/m1/s1. The number of ether oxygens (including phenoxy) is 3. The van der Waals surface area contributed by atoms with Crippen LogP contribution in [0.25, 0.3) is 0 Å². The molecule has 1 N–H and O–H groups in total. The first-order valence-corrected chi connectivity index (χ1v) is 14.1. The fourth-order valence-electron chi connectivity index (χ4n) is 4.88. The zero-order chi connectivity index (χ0) is 26.7. The van der Waals surface area contributed by atoms with Crippen LogP contribution in [0.1, 0.15) is 37.5 Å². The van der Waals surface area contributed by atoms with E-state index in [1.54, 1.807) is 20.8 Å². The Labute approximate surface area is 219 Å². The number of aliphatic hydroxyl groups excluding tert-OH is 1. The molecule has 0 spiro atoms. The topological polar surface area (TPSA) is 91.3 Å². The van der Waals surface area contributed by atoms with E-state index in [0.29, 0.717) is 0 Å². The molecule has 0 aromatic heterocycles. The molecular weight excluding hydrogens is 492 g/mol. The van der Waals surface area contributed by atoms with E-state index in [2.05, 4.69) is 0 Å². The van der Waals surface area contributed by atoms with Crippen molar-refractivity contribution < 1.29 is 31.9 Å². The molecule has 3 aromatic rings. The number of hydrogen-bond acceptors (Lipinski definition) is 7. The van der Waals surface area contributed by atoms with Crippen LogP contribution in [0.3, 0.4) is 0 Å². The van der Waals surface area contributed by atoms with Crippen LogP contribution < -0.4 is 0 Å². The predicted molar refractivity (Wildman–Crippen MR) is 140 cm³/mol. The summed E-state index contributed by atoms with van der Waals surface area (Å²) in [5, 5.41) is 11.4. The SMILES string of the molecule is C[C@@H](OS(C)(=O)=O)[C@H]1OC(C)(C)O[C@@H]1[C@H](O)COC(c1ccccc1)(c1ccccc1)c1ccccc1. The van der Waals surface area contributed by atoms with Crippen molar-refractivity contribution in [3.05, 3.63) is 108 Å². The summed E-state index contributed by atoms with van der Waals surface area (Å²) in [6, 6.07) is 29.5. The summed E-state index contributed by atoms with van der Waals surface area (Å²) in [5.74, 6) is -1.04. The fourth-order valence-corrected chi connectivity index (χ4v) is 5.54. The van der Waals surface area contributed by atoms with E-state index in [4.69, 9.17) is 18.4 Å². The smallest absolute Gasteiger partial charge is 0.264 e. The van der Waals surface area contributed by atoms with Gasteiger partial charge in [0.15, 0.2) is 5.79 Å². The number of rotatable bonds is 10.